The zero-order chi connectivity index (χ0) is 16.7. The number of methoxy groups -OCH3 is 1. The molecule has 1 N–H and O–H groups in total. The summed E-state index contributed by atoms with van der Waals surface area (Å²) in [6, 6.07) is 4.88. The highest BCUT2D eigenvalue weighted by molar-refractivity contribution is 7.89. The van der Waals surface area contributed by atoms with Crippen LogP contribution in [0, 0.1) is 0 Å². The largest absolute Gasteiger partial charge is 0.465 e. The fourth-order valence-corrected chi connectivity index (χ4v) is 3.81. The van der Waals surface area contributed by atoms with E-state index < -0.39 is 21.5 Å². The Hall–Kier alpha value is -1.93. The summed E-state index contributed by atoms with van der Waals surface area (Å²) in [6.07, 6.45) is 0. The van der Waals surface area contributed by atoms with Gasteiger partial charge in [-0.15, -0.1) is 0 Å². The van der Waals surface area contributed by atoms with E-state index in [2.05, 4.69) is 9.82 Å². The predicted octanol–water partition coefficient (Wildman–Crippen LogP) is 1.44. The molecule has 0 radical (unpaired) electrons. The highest BCUT2D eigenvalue weighted by Crippen LogP contribution is 2.27. The van der Waals surface area contributed by atoms with E-state index in [1.54, 1.807) is 40.0 Å². The van der Waals surface area contributed by atoms with Gasteiger partial charge in [0.05, 0.1) is 23.6 Å². The molecule has 0 bridgehead atoms. The molecule has 0 atom stereocenters. The summed E-state index contributed by atoms with van der Waals surface area (Å²) < 4.78 is 33.9. The zero-order valence-electron chi connectivity index (χ0n) is 13.2. The molecule has 0 amide bonds. The average molecular weight is 325 g/mol. The van der Waals surface area contributed by atoms with E-state index in [0.717, 1.165) is 0 Å². The molecular weight excluding hydrogens is 306 g/mol. The lowest BCUT2D eigenvalue weighted by Crippen LogP contribution is -2.40. The van der Waals surface area contributed by atoms with Gasteiger partial charge >= 0.3 is 5.97 Å². The van der Waals surface area contributed by atoms with Gasteiger partial charge in [-0.1, -0.05) is 6.07 Å². The van der Waals surface area contributed by atoms with Crippen LogP contribution in [0.2, 0.25) is 0 Å². The van der Waals surface area contributed by atoms with Crippen molar-refractivity contribution in [3.05, 3.63) is 23.8 Å². The first-order valence-corrected chi connectivity index (χ1v) is 8.13. The van der Waals surface area contributed by atoms with Gasteiger partial charge in [0, 0.05) is 12.6 Å². The molecule has 1 aromatic heterocycles. The van der Waals surface area contributed by atoms with Crippen molar-refractivity contribution in [2.24, 2.45) is 7.05 Å². The third kappa shape index (κ3) is 2.97. The van der Waals surface area contributed by atoms with Crippen LogP contribution < -0.4 is 4.72 Å². The van der Waals surface area contributed by atoms with Crippen molar-refractivity contribution in [2.45, 2.75) is 31.3 Å². The molecule has 1 aromatic carbocycles. The van der Waals surface area contributed by atoms with Crippen LogP contribution in [-0.2, 0) is 21.8 Å². The molecule has 2 rings (SSSR count). The predicted molar refractivity (Wildman–Crippen MR) is 82.1 cm³/mol. The monoisotopic (exact) mass is 325 g/mol. The van der Waals surface area contributed by atoms with Gasteiger partial charge < -0.3 is 4.74 Å². The second-order valence-corrected chi connectivity index (χ2v) is 7.57. The van der Waals surface area contributed by atoms with E-state index in [1.165, 1.54) is 17.9 Å². The molecule has 1 heterocycles. The normalized spacial score (nSPS) is 12.6. The average Bonchev–Trinajstić information content (AvgIpc) is 2.74. The highest BCUT2D eigenvalue weighted by atomic mass is 32.2. The molecule has 0 aliphatic rings. The number of ether oxygens (including phenoxy) is 1. The van der Waals surface area contributed by atoms with Crippen LogP contribution in [0.4, 0.5) is 0 Å². The number of benzene rings is 1. The van der Waals surface area contributed by atoms with E-state index in [4.69, 9.17) is 4.74 Å². The first-order valence-electron chi connectivity index (χ1n) is 6.65. The van der Waals surface area contributed by atoms with Gasteiger partial charge in [0.2, 0.25) is 5.03 Å². The summed E-state index contributed by atoms with van der Waals surface area (Å²) in [7, 11) is -1.00. The summed E-state index contributed by atoms with van der Waals surface area (Å²) in [4.78, 5) is 11.9. The summed E-state index contributed by atoms with van der Waals surface area (Å²) >= 11 is 0. The first-order chi connectivity index (χ1) is 10.1. The molecule has 0 saturated heterocycles. The van der Waals surface area contributed by atoms with Crippen LogP contribution in [0.15, 0.2) is 23.2 Å². The number of esters is 1. The molecule has 0 saturated carbocycles. The molecule has 22 heavy (non-hydrogen) atoms. The van der Waals surface area contributed by atoms with Gasteiger partial charge in [0.25, 0.3) is 10.0 Å². The van der Waals surface area contributed by atoms with Gasteiger partial charge in [0.1, 0.15) is 0 Å². The summed E-state index contributed by atoms with van der Waals surface area (Å²) in [6.45, 7) is 5.20. The maximum atomic E-state index is 12.6. The highest BCUT2D eigenvalue weighted by Gasteiger charge is 2.29. The van der Waals surface area contributed by atoms with Crippen LogP contribution in [0.3, 0.4) is 0 Å². The third-order valence-electron chi connectivity index (χ3n) is 2.95. The fourth-order valence-electron chi connectivity index (χ4n) is 2.19. The molecule has 0 aliphatic carbocycles. The van der Waals surface area contributed by atoms with Crippen molar-refractivity contribution in [3.63, 3.8) is 0 Å². The number of nitrogens with zero attached hydrogens (tertiary/aromatic N) is 2. The van der Waals surface area contributed by atoms with Gasteiger partial charge in [-0.3, -0.25) is 4.68 Å². The minimum Gasteiger partial charge on any atom is -0.465 e. The van der Waals surface area contributed by atoms with Crippen LogP contribution in [0.5, 0.6) is 0 Å². The van der Waals surface area contributed by atoms with E-state index in [0.29, 0.717) is 5.52 Å². The lowest BCUT2D eigenvalue weighted by atomic mass is 10.1. The number of sulfonamides is 1. The summed E-state index contributed by atoms with van der Waals surface area (Å²) in [5.41, 5.74) is 0.0441. The quantitative estimate of drug-likeness (QED) is 0.862. The third-order valence-corrected chi connectivity index (χ3v) is 4.62. The molecule has 0 spiro atoms. The Morgan fingerprint density at radius 3 is 2.50 bits per heavy atom. The Labute approximate surface area is 129 Å². The molecule has 7 nitrogen and oxygen atoms in total. The number of rotatable bonds is 3. The zero-order valence-corrected chi connectivity index (χ0v) is 14.0. The van der Waals surface area contributed by atoms with E-state index in [1.807, 2.05) is 0 Å². The van der Waals surface area contributed by atoms with Gasteiger partial charge in [-0.25, -0.2) is 17.9 Å². The molecule has 120 valence electrons. The minimum absolute atomic E-state index is 0.169. The Bertz CT molecular complexity index is 832. The summed E-state index contributed by atoms with van der Waals surface area (Å²) in [5, 5.41) is 4.16. The topological polar surface area (TPSA) is 90.3 Å². The molecular formula is C14H19N3O4S. The standard InChI is InChI=1S/C14H19N3O4S/c1-14(2,3)16-22(19,20)12-11-9(13(18)21-5)7-6-8-10(11)17(4)15-12/h6-8,16H,1-5H3. The number of aromatic nitrogens is 2. The summed E-state index contributed by atoms with van der Waals surface area (Å²) in [5.74, 6) is -0.606. The second kappa shape index (κ2) is 5.36. The number of carbonyl (C=O) groups is 1. The smallest absolute Gasteiger partial charge is 0.338 e. The molecule has 8 heteroatoms. The van der Waals surface area contributed by atoms with Gasteiger partial charge in [-0.2, -0.15) is 5.10 Å². The molecule has 2 aromatic rings. The second-order valence-electron chi connectivity index (χ2n) is 5.98. The number of carbonyl (C=O) groups excluding carboxylic acids is 1. The number of aryl methyl sites for hydroxylation is 1. The number of nitrogens with one attached hydrogen (secondary N) is 1. The van der Waals surface area contributed by atoms with Crippen molar-refractivity contribution in [1.29, 1.82) is 0 Å². The lowest BCUT2D eigenvalue weighted by molar-refractivity contribution is 0.0603. The van der Waals surface area contributed by atoms with Crippen LogP contribution >= 0.6 is 0 Å². The van der Waals surface area contributed by atoms with Crippen LogP contribution in [0.1, 0.15) is 31.1 Å². The van der Waals surface area contributed by atoms with Crippen molar-refractivity contribution >= 4 is 26.9 Å². The van der Waals surface area contributed by atoms with Gasteiger partial charge in [-0.05, 0) is 32.9 Å². The van der Waals surface area contributed by atoms with Gasteiger partial charge in [0.15, 0.2) is 0 Å². The van der Waals surface area contributed by atoms with Crippen molar-refractivity contribution < 1.29 is 17.9 Å². The minimum atomic E-state index is -3.88. The SMILES string of the molecule is COC(=O)c1cccc2c1c(S(=O)(=O)NC(C)(C)C)nn2C. The Balaban J connectivity index is 2.78. The number of hydrogen-bond acceptors (Lipinski definition) is 5. The molecule has 0 aliphatic heterocycles. The van der Waals surface area contributed by atoms with Crippen molar-refractivity contribution in [3.8, 4) is 0 Å². The first kappa shape index (κ1) is 16.4. The van der Waals surface area contributed by atoms with E-state index in [-0.39, 0.29) is 16.0 Å². The Kier molecular flexibility index (Phi) is 4.01. The molecule has 0 unspecified atom stereocenters. The molecule has 0 fully saturated rings. The lowest BCUT2D eigenvalue weighted by Gasteiger charge is -2.19. The number of hydrogen-bond donors (Lipinski definition) is 1. The maximum Gasteiger partial charge on any atom is 0.338 e. The number of fused-ring (bicyclic) bond motifs is 1. The van der Waals surface area contributed by atoms with E-state index >= 15 is 0 Å². The Morgan fingerprint density at radius 1 is 1.32 bits per heavy atom. The van der Waals surface area contributed by atoms with Crippen molar-refractivity contribution in [2.75, 3.05) is 7.11 Å². The fraction of sp³-hybridized carbons (Fsp3) is 0.429. The van der Waals surface area contributed by atoms with Crippen molar-refractivity contribution in [1.82, 2.24) is 14.5 Å². The Morgan fingerprint density at radius 2 is 1.95 bits per heavy atom. The maximum absolute atomic E-state index is 12.6. The van der Waals surface area contributed by atoms with Crippen LogP contribution in [0.25, 0.3) is 10.9 Å². The van der Waals surface area contributed by atoms with E-state index in [9.17, 15) is 13.2 Å². The van der Waals surface area contributed by atoms with Crippen LogP contribution in [-0.4, -0.2) is 36.8 Å².